The van der Waals surface area contributed by atoms with Gasteiger partial charge in [-0.2, -0.15) is 0 Å². The van der Waals surface area contributed by atoms with Gasteiger partial charge in [0.1, 0.15) is 0 Å². The van der Waals surface area contributed by atoms with Crippen molar-refractivity contribution in [1.29, 1.82) is 0 Å². The Kier molecular flexibility index (Phi) is 5.05. The largest absolute Gasteiger partial charge is 0.469 e. The van der Waals surface area contributed by atoms with Crippen molar-refractivity contribution in [3.8, 4) is 0 Å². The maximum absolute atomic E-state index is 11.7. The average Bonchev–Trinajstić information content (AvgIpc) is 2.47. The van der Waals surface area contributed by atoms with Gasteiger partial charge in [0, 0.05) is 11.7 Å². The van der Waals surface area contributed by atoms with Crippen molar-refractivity contribution >= 4 is 11.7 Å². The lowest BCUT2D eigenvalue weighted by molar-refractivity contribution is -0.146. The molecular formula is C17H25NO2. The first-order chi connectivity index (χ1) is 9.61. The summed E-state index contributed by atoms with van der Waals surface area (Å²) in [6.45, 7) is 4.41. The molecule has 0 aromatic heterocycles. The minimum absolute atomic E-state index is 0.0532. The van der Waals surface area contributed by atoms with Crippen molar-refractivity contribution in [1.82, 2.24) is 0 Å². The lowest BCUT2D eigenvalue weighted by atomic mass is 9.85. The number of hydrogen-bond donors (Lipinski definition) is 1. The highest BCUT2D eigenvalue weighted by Crippen LogP contribution is 2.30. The standard InChI is InChI=1S/C17H25NO2/c1-12(2)15-9-4-5-10-16(15)18-14-8-6-7-13(11-14)17(19)20-3/h4-5,9-10,12-14,18H,6-8,11H2,1-3H3/t13-,14+/m1/s1. The Balaban J connectivity index is 2.04. The second kappa shape index (κ2) is 6.78. The van der Waals surface area contributed by atoms with Gasteiger partial charge in [-0.1, -0.05) is 38.5 Å². The second-order valence-electron chi connectivity index (χ2n) is 5.97. The summed E-state index contributed by atoms with van der Waals surface area (Å²) in [6, 6.07) is 8.82. The molecular weight excluding hydrogens is 250 g/mol. The molecule has 3 nitrogen and oxygen atoms in total. The summed E-state index contributed by atoms with van der Waals surface area (Å²) in [5.41, 5.74) is 2.55. The molecule has 0 saturated heterocycles. The number of ether oxygens (including phenoxy) is 1. The van der Waals surface area contributed by atoms with Crippen molar-refractivity contribution in [3.63, 3.8) is 0 Å². The van der Waals surface area contributed by atoms with Gasteiger partial charge in [0.2, 0.25) is 0 Å². The van der Waals surface area contributed by atoms with Gasteiger partial charge >= 0.3 is 5.97 Å². The summed E-state index contributed by atoms with van der Waals surface area (Å²) in [5.74, 6) is 0.491. The summed E-state index contributed by atoms with van der Waals surface area (Å²) in [5, 5.41) is 3.63. The third kappa shape index (κ3) is 3.53. The molecule has 1 N–H and O–H groups in total. The molecule has 0 heterocycles. The maximum Gasteiger partial charge on any atom is 0.308 e. The van der Waals surface area contributed by atoms with E-state index in [-0.39, 0.29) is 11.9 Å². The van der Waals surface area contributed by atoms with Gasteiger partial charge in [-0.15, -0.1) is 0 Å². The molecule has 20 heavy (non-hydrogen) atoms. The van der Waals surface area contributed by atoms with Gasteiger partial charge in [0.15, 0.2) is 0 Å². The number of nitrogens with one attached hydrogen (secondary N) is 1. The van der Waals surface area contributed by atoms with Crippen LogP contribution in [-0.4, -0.2) is 19.1 Å². The second-order valence-corrected chi connectivity index (χ2v) is 5.97. The number of carbonyl (C=O) groups is 1. The summed E-state index contributed by atoms with van der Waals surface area (Å²) in [6.07, 6.45) is 4.04. The molecule has 1 aliphatic carbocycles. The van der Waals surface area contributed by atoms with Crippen LogP contribution < -0.4 is 5.32 Å². The van der Waals surface area contributed by atoms with Gasteiger partial charge in [0.05, 0.1) is 13.0 Å². The van der Waals surface area contributed by atoms with E-state index in [9.17, 15) is 4.79 Å². The number of anilines is 1. The third-order valence-corrected chi connectivity index (χ3v) is 4.15. The molecule has 1 aromatic carbocycles. The van der Waals surface area contributed by atoms with Crippen LogP contribution in [-0.2, 0) is 9.53 Å². The molecule has 0 spiro atoms. The van der Waals surface area contributed by atoms with Crippen molar-refractivity contribution < 1.29 is 9.53 Å². The molecule has 1 saturated carbocycles. The highest BCUT2D eigenvalue weighted by molar-refractivity contribution is 5.72. The molecule has 2 atom stereocenters. The topological polar surface area (TPSA) is 38.3 Å². The minimum Gasteiger partial charge on any atom is -0.469 e. The van der Waals surface area contributed by atoms with Crippen molar-refractivity contribution in [2.45, 2.75) is 51.5 Å². The Labute approximate surface area is 121 Å². The van der Waals surface area contributed by atoms with E-state index in [0.717, 1.165) is 25.7 Å². The zero-order valence-corrected chi connectivity index (χ0v) is 12.7. The van der Waals surface area contributed by atoms with Crippen LogP contribution in [0.4, 0.5) is 5.69 Å². The molecule has 0 amide bonds. The fourth-order valence-electron chi connectivity index (χ4n) is 3.05. The number of hydrogen-bond acceptors (Lipinski definition) is 3. The van der Waals surface area contributed by atoms with Crippen LogP contribution in [0.5, 0.6) is 0 Å². The van der Waals surface area contributed by atoms with Crippen LogP contribution in [0.25, 0.3) is 0 Å². The van der Waals surface area contributed by atoms with E-state index in [1.807, 2.05) is 0 Å². The van der Waals surface area contributed by atoms with Crippen LogP contribution in [0.1, 0.15) is 51.0 Å². The highest BCUT2D eigenvalue weighted by Gasteiger charge is 2.28. The Hall–Kier alpha value is -1.51. The first-order valence-electron chi connectivity index (χ1n) is 7.55. The van der Waals surface area contributed by atoms with Crippen LogP contribution >= 0.6 is 0 Å². The van der Waals surface area contributed by atoms with E-state index < -0.39 is 0 Å². The van der Waals surface area contributed by atoms with Gasteiger partial charge in [-0.3, -0.25) is 4.79 Å². The molecule has 1 fully saturated rings. The minimum atomic E-state index is -0.0614. The Morgan fingerprint density at radius 1 is 1.30 bits per heavy atom. The highest BCUT2D eigenvalue weighted by atomic mass is 16.5. The van der Waals surface area contributed by atoms with Crippen molar-refractivity contribution in [2.75, 3.05) is 12.4 Å². The van der Waals surface area contributed by atoms with Gasteiger partial charge in [-0.05, 0) is 36.8 Å². The molecule has 0 bridgehead atoms. The molecule has 0 unspecified atom stereocenters. The average molecular weight is 275 g/mol. The lowest BCUT2D eigenvalue weighted by Gasteiger charge is -2.30. The van der Waals surface area contributed by atoms with Gasteiger partial charge in [0.25, 0.3) is 0 Å². The number of esters is 1. The number of methoxy groups -OCH3 is 1. The molecule has 1 aliphatic rings. The zero-order valence-electron chi connectivity index (χ0n) is 12.7. The molecule has 1 aromatic rings. The maximum atomic E-state index is 11.7. The molecule has 0 aliphatic heterocycles. The van der Waals surface area contributed by atoms with Crippen LogP contribution in [0, 0.1) is 5.92 Å². The van der Waals surface area contributed by atoms with Crippen LogP contribution in [0.3, 0.4) is 0 Å². The monoisotopic (exact) mass is 275 g/mol. The fraction of sp³-hybridized carbons (Fsp3) is 0.588. The zero-order chi connectivity index (χ0) is 14.5. The molecule has 0 radical (unpaired) electrons. The SMILES string of the molecule is COC(=O)[C@@H]1CCC[C@H](Nc2ccccc2C(C)C)C1. The van der Waals surface area contributed by atoms with Gasteiger partial charge < -0.3 is 10.1 Å². The number of carbonyl (C=O) groups excluding carboxylic acids is 1. The van der Waals surface area contributed by atoms with E-state index in [1.165, 1.54) is 18.4 Å². The van der Waals surface area contributed by atoms with E-state index in [2.05, 4.69) is 43.4 Å². The number of benzene rings is 1. The normalized spacial score (nSPS) is 22.6. The van der Waals surface area contributed by atoms with Gasteiger partial charge in [-0.25, -0.2) is 0 Å². The van der Waals surface area contributed by atoms with Crippen molar-refractivity contribution in [3.05, 3.63) is 29.8 Å². The first-order valence-corrected chi connectivity index (χ1v) is 7.55. The van der Waals surface area contributed by atoms with E-state index in [0.29, 0.717) is 12.0 Å². The number of rotatable bonds is 4. The predicted molar refractivity (Wildman–Crippen MR) is 81.9 cm³/mol. The summed E-state index contributed by atoms with van der Waals surface area (Å²) < 4.78 is 4.88. The van der Waals surface area contributed by atoms with Crippen LogP contribution in [0.15, 0.2) is 24.3 Å². The quantitative estimate of drug-likeness (QED) is 0.845. The smallest absolute Gasteiger partial charge is 0.308 e. The third-order valence-electron chi connectivity index (χ3n) is 4.15. The van der Waals surface area contributed by atoms with E-state index in [4.69, 9.17) is 4.74 Å². The molecule has 2 rings (SSSR count). The molecule has 3 heteroatoms. The Morgan fingerprint density at radius 3 is 2.75 bits per heavy atom. The Morgan fingerprint density at radius 2 is 2.05 bits per heavy atom. The summed E-state index contributed by atoms with van der Waals surface area (Å²) >= 11 is 0. The number of para-hydroxylation sites is 1. The summed E-state index contributed by atoms with van der Waals surface area (Å²) in [7, 11) is 1.48. The fourth-order valence-corrected chi connectivity index (χ4v) is 3.05. The lowest BCUT2D eigenvalue weighted by Crippen LogP contribution is -2.31. The van der Waals surface area contributed by atoms with Crippen molar-refractivity contribution in [2.24, 2.45) is 5.92 Å². The first kappa shape index (κ1) is 14.9. The Bertz CT molecular complexity index is 456. The van der Waals surface area contributed by atoms with E-state index >= 15 is 0 Å². The summed E-state index contributed by atoms with van der Waals surface area (Å²) in [4.78, 5) is 11.7. The molecule has 110 valence electrons. The van der Waals surface area contributed by atoms with Crippen LogP contribution in [0.2, 0.25) is 0 Å². The van der Waals surface area contributed by atoms with E-state index in [1.54, 1.807) is 0 Å². The predicted octanol–water partition coefficient (Wildman–Crippen LogP) is 3.95.